The number of benzene rings is 2. The summed E-state index contributed by atoms with van der Waals surface area (Å²) in [6.07, 6.45) is -11.9. The minimum Gasteiger partial charge on any atom is -0.369 e. The zero-order valence-corrected chi connectivity index (χ0v) is 14.0. The van der Waals surface area contributed by atoms with Crippen molar-refractivity contribution in [2.75, 3.05) is 7.05 Å². The highest BCUT2D eigenvalue weighted by Gasteiger charge is 2.71. The van der Waals surface area contributed by atoms with Gasteiger partial charge in [0, 0.05) is 24.7 Å². The van der Waals surface area contributed by atoms with Crippen LogP contribution in [-0.4, -0.2) is 35.3 Å². The highest BCUT2D eigenvalue weighted by atomic mass is 19.4. The van der Waals surface area contributed by atoms with Gasteiger partial charge in [0.1, 0.15) is 0 Å². The summed E-state index contributed by atoms with van der Waals surface area (Å²) < 4.78 is 77.2. The van der Waals surface area contributed by atoms with Gasteiger partial charge in [0.05, 0.1) is 0 Å². The largest absolute Gasteiger partial charge is 0.430 e. The number of nitrogens with zero attached hydrogens (tertiary/aromatic N) is 1. The number of carbonyl (C=O) groups is 1. The summed E-state index contributed by atoms with van der Waals surface area (Å²) in [4.78, 5) is 13.6. The monoisotopic (exact) mass is 391 g/mol. The van der Waals surface area contributed by atoms with Gasteiger partial charge in [-0.1, -0.05) is 42.5 Å². The van der Waals surface area contributed by atoms with Crippen molar-refractivity contribution >= 4 is 5.91 Å². The second-order valence-electron chi connectivity index (χ2n) is 5.93. The number of amides is 1. The number of aliphatic hydroxyl groups is 1. The third-order valence-corrected chi connectivity index (χ3v) is 3.98. The van der Waals surface area contributed by atoms with Crippen molar-refractivity contribution in [3.63, 3.8) is 0 Å². The molecule has 0 unspecified atom stereocenters. The van der Waals surface area contributed by atoms with E-state index in [-0.39, 0.29) is 12.1 Å². The highest BCUT2D eigenvalue weighted by molar-refractivity contribution is 5.94. The van der Waals surface area contributed by atoms with Crippen molar-refractivity contribution in [3.8, 4) is 0 Å². The zero-order valence-electron chi connectivity index (χ0n) is 14.0. The second-order valence-corrected chi connectivity index (χ2v) is 5.93. The van der Waals surface area contributed by atoms with Gasteiger partial charge in [0.25, 0.3) is 11.5 Å². The van der Waals surface area contributed by atoms with Crippen molar-refractivity contribution < 1.29 is 36.2 Å². The Balaban J connectivity index is 2.27. The van der Waals surface area contributed by atoms with Gasteiger partial charge in [-0.05, 0) is 17.7 Å². The molecule has 0 fully saturated rings. The van der Waals surface area contributed by atoms with E-state index in [0.717, 1.165) is 17.7 Å². The second kappa shape index (κ2) is 7.22. The van der Waals surface area contributed by atoms with Crippen LogP contribution in [0.15, 0.2) is 54.6 Å². The Morgan fingerprint density at radius 2 is 1.37 bits per heavy atom. The van der Waals surface area contributed by atoms with Crippen molar-refractivity contribution in [1.29, 1.82) is 0 Å². The standard InChI is InChI=1S/C18H15F6NO2/c1-25(11-12-5-3-2-4-6-12)15(26)13-7-9-14(10-8-13)16(27,17(19,20)21)18(22,23)24/h2-10,27H,11H2,1H3. The van der Waals surface area contributed by atoms with Crippen LogP contribution < -0.4 is 0 Å². The van der Waals surface area contributed by atoms with Crippen molar-refractivity contribution in [1.82, 2.24) is 4.90 Å². The number of hydrogen-bond donors (Lipinski definition) is 1. The molecule has 0 saturated heterocycles. The summed E-state index contributed by atoms with van der Waals surface area (Å²) in [5.74, 6) is -0.590. The van der Waals surface area contributed by atoms with Gasteiger partial charge in [-0.2, -0.15) is 26.3 Å². The van der Waals surface area contributed by atoms with E-state index < -0.39 is 29.4 Å². The summed E-state index contributed by atoms with van der Waals surface area (Å²) >= 11 is 0. The summed E-state index contributed by atoms with van der Waals surface area (Å²) in [6, 6.07) is 11.4. The molecule has 0 saturated carbocycles. The van der Waals surface area contributed by atoms with Crippen molar-refractivity contribution in [3.05, 3.63) is 71.3 Å². The third-order valence-electron chi connectivity index (χ3n) is 3.98. The molecular formula is C18H15F6NO2. The van der Waals surface area contributed by atoms with Crippen LogP contribution in [0, 0.1) is 0 Å². The van der Waals surface area contributed by atoms with E-state index in [4.69, 9.17) is 0 Å². The molecule has 2 rings (SSSR count). The first-order valence-electron chi connectivity index (χ1n) is 7.63. The van der Waals surface area contributed by atoms with E-state index in [1.807, 2.05) is 0 Å². The predicted octanol–water partition coefficient (Wildman–Crippen LogP) is 4.27. The van der Waals surface area contributed by atoms with Gasteiger partial charge in [0.15, 0.2) is 0 Å². The minimum absolute atomic E-state index is 0.108. The first-order valence-corrected chi connectivity index (χ1v) is 7.63. The smallest absolute Gasteiger partial charge is 0.369 e. The number of hydrogen-bond acceptors (Lipinski definition) is 2. The van der Waals surface area contributed by atoms with Crippen molar-refractivity contribution in [2.24, 2.45) is 0 Å². The quantitative estimate of drug-likeness (QED) is 0.791. The van der Waals surface area contributed by atoms with Gasteiger partial charge in [-0.3, -0.25) is 4.79 Å². The van der Waals surface area contributed by atoms with Gasteiger partial charge >= 0.3 is 12.4 Å². The average Bonchev–Trinajstić information content (AvgIpc) is 2.59. The maximum Gasteiger partial charge on any atom is 0.430 e. The Morgan fingerprint density at radius 1 is 0.889 bits per heavy atom. The van der Waals surface area contributed by atoms with Gasteiger partial charge < -0.3 is 10.0 Å². The van der Waals surface area contributed by atoms with E-state index >= 15 is 0 Å². The van der Waals surface area contributed by atoms with Crippen LogP contribution >= 0.6 is 0 Å². The summed E-state index contributed by atoms with van der Waals surface area (Å²) in [6.45, 7) is 0.205. The molecule has 0 bridgehead atoms. The first kappa shape index (κ1) is 20.8. The molecule has 1 N–H and O–H groups in total. The molecule has 146 valence electrons. The number of rotatable bonds is 4. The van der Waals surface area contributed by atoms with E-state index in [1.54, 1.807) is 30.3 Å². The van der Waals surface area contributed by atoms with E-state index in [9.17, 15) is 36.2 Å². The van der Waals surface area contributed by atoms with Crippen LogP contribution in [0.25, 0.3) is 0 Å². The summed E-state index contributed by atoms with van der Waals surface area (Å²) in [7, 11) is 1.45. The number of alkyl halides is 6. The first-order chi connectivity index (χ1) is 12.4. The highest BCUT2D eigenvalue weighted by Crippen LogP contribution is 2.49. The van der Waals surface area contributed by atoms with Crippen LogP contribution in [0.5, 0.6) is 0 Å². The molecule has 0 radical (unpaired) electrons. The van der Waals surface area contributed by atoms with Gasteiger partial charge in [0.2, 0.25) is 0 Å². The fourth-order valence-corrected chi connectivity index (χ4v) is 2.49. The number of halogens is 6. The molecule has 3 nitrogen and oxygen atoms in total. The molecule has 0 heterocycles. The lowest BCUT2D eigenvalue weighted by Gasteiger charge is -2.32. The van der Waals surface area contributed by atoms with Crippen LogP contribution in [0.4, 0.5) is 26.3 Å². The van der Waals surface area contributed by atoms with Crippen molar-refractivity contribution in [2.45, 2.75) is 24.5 Å². The lowest BCUT2D eigenvalue weighted by molar-refractivity contribution is -0.376. The van der Waals surface area contributed by atoms with Crippen LogP contribution in [0.1, 0.15) is 21.5 Å². The summed E-state index contributed by atoms with van der Waals surface area (Å²) in [5, 5.41) is 9.34. The topological polar surface area (TPSA) is 40.5 Å². The Labute approximate surface area is 150 Å². The van der Waals surface area contributed by atoms with Gasteiger partial charge in [-0.15, -0.1) is 0 Å². The molecule has 0 aliphatic carbocycles. The van der Waals surface area contributed by atoms with Crippen LogP contribution in [0.3, 0.4) is 0 Å². The maximum atomic E-state index is 12.9. The summed E-state index contributed by atoms with van der Waals surface area (Å²) in [5.41, 5.74) is -5.74. The molecule has 0 spiro atoms. The SMILES string of the molecule is CN(Cc1ccccc1)C(=O)c1ccc(C(O)(C(F)(F)F)C(F)(F)F)cc1. The molecule has 2 aromatic carbocycles. The van der Waals surface area contributed by atoms with Crippen LogP contribution in [0.2, 0.25) is 0 Å². The Kier molecular flexibility index (Phi) is 5.55. The number of carbonyl (C=O) groups excluding carboxylic acids is 1. The molecule has 0 aliphatic heterocycles. The van der Waals surface area contributed by atoms with E-state index in [2.05, 4.69) is 0 Å². The minimum atomic E-state index is -5.97. The molecule has 1 amide bonds. The molecular weight excluding hydrogens is 376 g/mol. The molecule has 2 aromatic rings. The van der Waals surface area contributed by atoms with E-state index in [1.165, 1.54) is 11.9 Å². The van der Waals surface area contributed by atoms with Gasteiger partial charge in [-0.25, -0.2) is 0 Å². The average molecular weight is 391 g/mol. The molecule has 27 heavy (non-hydrogen) atoms. The fourth-order valence-electron chi connectivity index (χ4n) is 2.49. The zero-order chi connectivity index (χ0) is 20.5. The lowest BCUT2D eigenvalue weighted by atomic mass is 9.91. The molecule has 9 heteroatoms. The third kappa shape index (κ3) is 4.08. The molecule has 0 aromatic heterocycles. The predicted molar refractivity (Wildman–Crippen MR) is 84.7 cm³/mol. The Bertz CT molecular complexity index is 770. The Hall–Kier alpha value is -2.55. The molecule has 0 atom stereocenters. The van der Waals surface area contributed by atoms with E-state index in [0.29, 0.717) is 12.1 Å². The normalized spacial score (nSPS) is 12.7. The Morgan fingerprint density at radius 3 is 1.81 bits per heavy atom. The lowest BCUT2D eigenvalue weighted by Crippen LogP contribution is -2.53. The van der Waals surface area contributed by atoms with Crippen LogP contribution in [-0.2, 0) is 12.1 Å². The fraction of sp³-hybridized carbons (Fsp3) is 0.278. The molecule has 0 aliphatic rings. The maximum absolute atomic E-state index is 12.9.